The van der Waals surface area contributed by atoms with Gasteiger partial charge in [0.15, 0.2) is 0 Å². The highest BCUT2D eigenvalue weighted by Crippen LogP contribution is 2.17. The highest BCUT2D eigenvalue weighted by atomic mass is 16.6. The van der Waals surface area contributed by atoms with Crippen LogP contribution in [0.25, 0.3) is 11.1 Å². The molecule has 0 spiro atoms. The average molecular weight is 701 g/mol. The quantitative estimate of drug-likeness (QED) is 0.100. The number of carbonyl (C=O) groups is 2. The normalized spacial score (nSPS) is 10.9. The Labute approximate surface area is 301 Å². The Morgan fingerprint density at radius 2 is 1.06 bits per heavy atom. The lowest BCUT2D eigenvalue weighted by Crippen LogP contribution is -2.25. The first-order valence-corrected chi connectivity index (χ1v) is 15.8. The number of carboxylic acid groups (broad SMARTS) is 2. The summed E-state index contributed by atoms with van der Waals surface area (Å²) >= 11 is 0. The number of nitro benzene ring substituents is 2. The minimum absolute atomic E-state index is 0.0109. The summed E-state index contributed by atoms with van der Waals surface area (Å²) in [7, 11) is 3.43. The molecule has 0 amide bonds. The van der Waals surface area contributed by atoms with Crippen LogP contribution in [0.2, 0.25) is 0 Å². The standard InChI is InChI=1S/2C20H18N2O4/c1-21(15-20(23)24)13-12-18(17-7-3-2-4-8-17)11-10-16-6-5-9-19(14-16)22(25)26;1-21(15-20(23)24)14-13-18(17-5-3-2-4-6-17)10-7-16-8-11-19(12-9-16)22(25)26/h2-9,12,14H,13,15H2,1H3,(H,23,24);2-6,8-9,11-13H,14-15H2,1H3,(H,23,24). The summed E-state index contributed by atoms with van der Waals surface area (Å²) in [6.07, 6.45) is 3.72. The van der Waals surface area contributed by atoms with Crippen molar-refractivity contribution in [2.45, 2.75) is 0 Å². The van der Waals surface area contributed by atoms with Gasteiger partial charge in [-0.25, -0.2) is 0 Å². The second-order valence-electron chi connectivity index (χ2n) is 11.3. The van der Waals surface area contributed by atoms with Gasteiger partial charge in [0.05, 0.1) is 22.9 Å². The number of hydrogen-bond donors (Lipinski definition) is 2. The van der Waals surface area contributed by atoms with Crippen LogP contribution in [-0.2, 0) is 9.59 Å². The fourth-order valence-corrected chi connectivity index (χ4v) is 4.45. The minimum Gasteiger partial charge on any atom is -0.480 e. The molecule has 0 aromatic heterocycles. The Kier molecular flexibility index (Phi) is 15.7. The topological polar surface area (TPSA) is 167 Å². The second kappa shape index (κ2) is 20.6. The monoisotopic (exact) mass is 700 g/mol. The number of nitro groups is 2. The molecule has 12 heteroatoms. The van der Waals surface area contributed by atoms with E-state index >= 15 is 0 Å². The van der Waals surface area contributed by atoms with Crippen molar-refractivity contribution in [2.75, 3.05) is 40.3 Å². The molecule has 4 aromatic carbocycles. The largest absolute Gasteiger partial charge is 0.480 e. The van der Waals surface area contributed by atoms with Crippen LogP contribution in [0.15, 0.2) is 121 Å². The molecule has 52 heavy (non-hydrogen) atoms. The van der Waals surface area contributed by atoms with E-state index < -0.39 is 21.8 Å². The number of allylic oxidation sites excluding steroid dienone is 2. The second-order valence-corrected chi connectivity index (χ2v) is 11.3. The van der Waals surface area contributed by atoms with Crippen LogP contribution in [-0.4, -0.2) is 82.1 Å². The molecular weight excluding hydrogens is 664 g/mol. The van der Waals surface area contributed by atoms with E-state index in [0.717, 1.165) is 22.3 Å². The predicted molar refractivity (Wildman–Crippen MR) is 199 cm³/mol. The van der Waals surface area contributed by atoms with Gasteiger partial charge in [-0.2, -0.15) is 0 Å². The van der Waals surface area contributed by atoms with Gasteiger partial charge in [-0.3, -0.25) is 39.6 Å². The molecule has 0 aliphatic rings. The van der Waals surface area contributed by atoms with E-state index in [4.69, 9.17) is 10.2 Å². The number of aliphatic carboxylic acids is 2. The van der Waals surface area contributed by atoms with Gasteiger partial charge in [-0.1, -0.05) is 103 Å². The summed E-state index contributed by atoms with van der Waals surface area (Å²) < 4.78 is 0. The molecule has 0 fully saturated rings. The maximum atomic E-state index is 10.9. The molecule has 264 valence electrons. The van der Waals surface area contributed by atoms with E-state index in [-0.39, 0.29) is 24.5 Å². The fraction of sp³-hybridized carbons (Fsp3) is 0.150. The predicted octanol–water partition coefficient (Wildman–Crippen LogP) is 6.09. The van der Waals surface area contributed by atoms with Crippen LogP contribution in [0.1, 0.15) is 22.3 Å². The number of benzene rings is 4. The van der Waals surface area contributed by atoms with E-state index in [0.29, 0.717) is 24.2 Å². The van der Waals surface area contributed by atoms with Crippen LogP contribution in [0.5, 0.6) is 0 Å². The lowest BCUT2D eigenvalue weighted by atomic mass is 10.1. The summed E-state index contributed by atoms with van der Waals surface area (Å²) in [5, 5.41) is 39.3. The average Bonchev–Trinajstić information content (AvgIpc) is 3.12. The van der Waals surface area contributed by atoms with E-state index in [1.54, 1.807) is 48.2 Å². The molecule has 0 aliphatic carbocycles. The van der Waals surface area contributed by atoms with Crippen molar-refractivity contribution in [1.29, 1.82) is 0 Å². The molecule has 4 rings (SSSR count). The number of nitrogens with zero attached hydrogens (tertiary/aromatic N) is 4. The third-order valence-electron chi connectivity index (χ3n) is 7.01. The van der Waals surface area contributed by atoms with Gasteiger partial charge in [-0.15, -0.1) is 0 Å². The first-order valence-electron chi connectivity index (χ1n) is 15.8. The summed E-state index contributed by atoms with van der Waals surface area (Å²) in [4.78, 5) is 45.5. The molecule has 4 aromatic rings. The molecule has 0 heterocycles. The molecule has 0 atom stereocenters. The molecule has 12 nitrogen and oxygen atoms in total. The van der Waals surface area contributed by atoms with Gasteiger partial charge in [0, 0.05) is 59.6 Å². The summed E-state index contributed by atoms with van der Waals surface area (Å²) in [5.41, 5.74) is 4.53. The smallest absolute Gasteiger partial charge is 0.317 e. The summed E-state index contributed by atoms with van der Waals surface area (Å²) in [6, 6.07) is 31.2. The van der Waals surface area contributed by atoms with Gasteiger partial charge < -0.3 is 10.2 Å². The van der Waals surface area contributed by atoms with Gasteiger partial charge >= 0.3 is 11.9 Å². The molecular formula is C40H36N4O8. The Morgan fingerprint density at radius 3 is 1.48 bits per heavy atom. The Hall–Kier alpha value is -6.86. The Bertz CT molecular complexity index is 2040. The van der Waals surface area contributed by atoms with Gasteiger partial charge in [0.2, 0.25) is 0 Å². The zero-order valence-corrected chi connectivity index (χ0v) is 28.5. The molecule has 0 saturated carbocycles. The molecule has 0 aliphatic heterocycles. The SMILES string of the molecule is CN(CC=C(C#Cc1ccc([N+](=O)[O-])cc1)c1ccccc1)CC(=O)O.CN(CC=C(C#Cc1cccc([N+](=O)[O-])c1)c1ccccc1)CC(=O)O. The van der Waals surface area contributed by atoms with Crippen LogP contribution in [0.4, 0.5) is 11.4 Å². The molecule has 0 saturated heterocycles. The summed E-state index contributed by atoms with van der Waals surface area (Å²) in [5.74, 6) is 10.3. The maximum Gasteiger partial charge on any atom is 0.317 e. The van der Waals surface area contributed by atoms with Gasteiger partial charge in [0.25, 0.3) is 11.4 Å². The van der Waals surface area contributed by atoms with Gasteiger partial charge in [0.1, 0.15) is 0 Å². The summed E-state index contributed by atoms with van der Waals surface area (Å²) in [6.45, 7) is 0.719. The maximum absolute atomic E-state index is 10.9. The minimum atomic E-state index is -0.898. The van der Waals surface area contributed by atoms with Crippen molar-refractivity contribution in [2.24, 2.45) is 0 Å². The van der Waals surface area contributed by atoms with Crippen molar-refractivity contribution in [3.63, 3.8) is 0 Å². The highest BCUT2D eigenvalue weighted by molar-refractivity contribution is 5.80. The van der Waals surface area contributed by atoms with Gasteiger partial charge in [-0.05, 0) is 43.4 Å². The van der Waals surface area contributed by atoms with Crippen molar-refractivity contribution in [1.82, 2.24) is 9.80 Å². The number of hydrogen-bond acceptors (Lipinski definition) is 8. The molecule has 0 bridgehead atoms. The van der Waals surface area contributed by atoms with Crippen LogP contribution in [0.3, 0.4) is 0 Å². The molecule has 2 N–H and O–H groups in total. The van der Waals surface area contributed by atoms with E-state index in [2.05, 4.69) is 23.7 Å². The fourth-order valence-electron chi connectivity index (χ4n) is 4.45. The number of rotatable bonds is 12. The van der Waals surface area contributed by atoms with Crippen molar-refractivity contribution in [3.8, 4) is 23.7 Å². The van der Waals surface area contributed by atoms with Crippen molar-refractivity contribution in [3.05, 3.63) is 164 Å². The van der Waals surface area contributed by atoms with Crippen LogP contribution >= 0.6 is 0 Å². The van der Waals surface area contributed by atoms with Crippen LogP contribution < -0.4 is 0 Å². The van der Waals surface area contributed by atoms with Crippen LogP contribution in [0, 0.1) is 43.9 Å². The first-order chi connectivity index (χ1) is 24.9. The molecule has 0 radical (unpaired) electrons. The molecule has 0 unspecified atom stereocenters. The lowest BCUT2D eigenvalue weighted by Gasteiger charge is -2.11. The highest BCUT2D eigenvalue weighted by Gasteiger charge is 2.07. The van der Waals surface area contributed by atoms with Crippen molar-refractivity contribution >= 4 is 34.5 Å². The Morgan fingerprint density at radius 1 is 0.615 bits per heavy atom. The Balaban J connectivity index is 0.000000280. The van der Waals surface area contributed by atoms with E-state index in [1.807, 2.05) is 72.8 Å². The van der Waals surface area contributed by atoms with E-state index in [9.17, 15) is 29.8 Å². The third-order valence-corrected chi connectivity index (χ3v) is 7.01. The lowest BCUT2D eigenvalue weighted by molar-refractivity contribution is -0.385. The zero-order valence-electron chi connectivity index (χ0n) is 28.5. The zero-order chi connectivity index (χ0) is 37.9. The number of non-ortho nitro benzene ring substituents is 2. The first kappa shape index (κ1) is 39.6. The number of likely N-dealkylation sites (N-methyl/N-ethyl adjacent to an activating group) is 2. The third kappa shape index (κ3) is 14.3. The van der Waals surface area contributed by atoms with Crippen molar-refractivity contribution < 1.29 is 29.6 Å². The van der Waals surface area contributed by atoms with E-state index in [1.165, 1.54) is 24.3 Å². The number of carboxylic acids is 2.